The first kappa shape index (κ1) is 18.4. The molecule has 2 N–H and O–H groups in total. The molecule has 5 heteroatoms. The van der Waals surface area contributed by atoms with Crippen molar-refractivity contribution in [3.63, 3.8) is 0 Å². The third-order valence-corrected chi connectivity index (χ3v) is 5.84. The molecule has 3 aromatic rings. The second-order valence-electron chi connectivity index (χ2n) is 6.30. The maximum absolute atomic E-state index is 10.5. The summed E-state index contributed by atoms with van der Waals surface area (Å²) in [5.41, 5.74) is 2.38. The van der Waals surface area contributed by atoms with Crippen LogP contribution < -0.4 is 5.32 Å². The van der Waals surface area contributed by atoms with Gasteiger partial charge in [-0.3, -0.25) is 0 Å². The molecule has 3 rings (SSSR count). The molecule has 0 amide bonds. The predicted molar refractivity (Wildman–Crippen MR) is 119 cm³/mol. The molecule has 0 bridgehead atoms. The van der Waals surface area contributed by atoms with Crippen LogP contribution >= 0.6 is 45.2 Å². The van der Waals surface area contributed by atoms with E-state index in [1.165, 1.54) is 28.9 Å². The topological polar surface area (TPSA) is 37.2 Å². The van der Waals surface area contributed by atoms with Crippen LogP contribution in [0.15, 0.2) is 36.4 Å². The van der Waals surface area contributed by atoms with Crippen LogP contribution in [0.2, 0.25) is 0 Å². The van der Waals surface area contributed by atoms with Gasteiger partial charge >= 0.3 is 0 Å². The standard InChI is InChI=1S/C19H22I2N2O/c1-3-12(2)22-10-15(24)11-23-18-6-4-13(20)8-16(18)17-9-14(21)5-7-19(17)23/h4-9,12,15,22,24H,3,10-11H2,1-2H3/t12-,15-/m1/s1. The van der Waals surface area contributed by atoms with Crippen molar-refractivity contribution >= 4 is 67.0 Å². The van der Waals surface area contributed by atoms with Crippen molar-refractivity contribution in [1.82, 2.24) is 9.88 Å². The number of rotatable bonds is 6. The third-order valence-electron chi connectivity index (χ3n) is 4.50. The molecule has 3 nitrogen and oxygen atoms in total. The molecule has 0 saturated heterocycles. The molecule has 1 aromatic heterocycles. The van der Waals surface area contributed by atoms with Gasteiger partial charge in [0.05, 0.1) is 12.6 Å². The summed E-state index contributed by atoms with van der Waals surface area (Å²) in [6, 6.07) is 13.5. The molecule has 0 spiro atoms. The van der Waals surface area contributed by atoms with Gasteiger partial charge in [0, 0.05) is 41.5 Å². The third kappa shape index (κ3) is 3.89. The summed E-state index contributed by atoms with van der Waals surface area (Å²) in [4.78, 5) is 0. The zero-order chi connectivity index (χ0) is 17.3. The molecule has 0 aliphatic rings. The number of nitrogens with one attached hydrogen (secondary N) is 1. The van der Waals surface area contributed by atoms with E-state index in [2.05, 4.69) is 105 Å². The van der Waals surface area contributed by atoms with E-state index in [4.69, 9.17) is 0 Å². The molecule has 1 heterocycles. The molecule has 0 aliphatic heterocycles. The van der Waals surface area contributed by atoms with Gasteiger partial charge in [-0.15, -0.1) is 0 Å². The maximum atomic E-state index is 10.5. The number of hydrogen-bond acceptors (Lipinski definition) is 2. The van der Waals surface area contributed by atoms with Crippen molar-refractivity contribution < 1.29 is 5.11 Å². The van der Waals surface area contributed by atoms with Crippen molar-refractivity contribution in [3.05, 3.63) is 43.5 Å². The van der Waals surface area contributed by atoms with Gasteiger partial charge < -0.3 is 15.0 Å². The Bertz CT molecular complexity index is 800. The van der Waals surface area contributed by atoms with Gasteiger partial charge in [-0.05, 0) is 94.9 Å². The second-order valence-corrected chi connectivity index (χ2v) is 8.80. The Kier molecular flexibility index (Phi) is 6.05. The maximum Gasteiger partial charge on any atom is 0.0843 e. The highest BCUT2D eigenvalue weighted by atomic mass is 127. The van der Waals surface area contributed by atoms with E-state index in [9.17, 15) is 5.11 Å². The lowest BCUT2D eigenvalue weighted by atomic mass is 10.2. The summed E-state index contributed by atoms with van der Waals surface area (Å²) >= 11 is 4.72. The second kappa shape index (κ2) is 7.88. The van der Waals surface area contributed by atoms with Crippen LogP contribution in [-0.2, 0) is 6.54 Å². The lowest BCUT2D eigenvalue weighted by Gasteiger charge is -2.17. The SMILES string of the molecule is CC[C@@H](C)NC[C@@H](O)Cn1c2ccc(I)cc2c2cc(I)ccc21. The van der Waals surface area contributed by atoms with Crippen LogP contribution in [0.4, 0.5) is 0 Å². The Hall–Kier alpha value is -0.380. The Balaban J connectivity index is 1.99. The first-order valence-electron chi connectivity index (χ1n) is 8.28. The summed E-state index contributed by atoms with van der Waals surface area (Å²) < 4.78 is 4.72. The minimum Gasteiger partial charge on any atom is -0.390 e. The Morgan fingerprint density at radius 3 is 2.08 bits per heavy atom. The van der Waals surface area contributed by atoms with Crippen LogP contribution in [0, 0.1) is 7.14 Å². The van der Waals surface area contributed by atoms with Gasteiger partial charge in [-0.1, -0.05) is 6.92 Å². The molecular formula is C19H22I2N2O. The minimum atomic E-state index is -0.406. The lowest BCUT2D eigenvalue weighted by Crippen LogP contribution is -2.35. The van der Waals surface area contributed by atoms with E-state index < -0.39 is 6.10 Å². The van der Waals surface area contributed by atoms with Crippen LogP contribution in [0.25, 0.3) is 21.8 Å². The zero-order valence-electron chi connectivity index (χ0n) is 13.9. The fourth-order valence-corrected chi connectivity index (χ4v) is 3.98. The largest absolute Gasteiger partial charge is 0.390 e. The highest BCUT2D eigenvalue weighted by molar-refractivity contribution is 14.1. The van der Waals surface area contributed by atoms with Gasteiger partial charge in [0.1, 0.15) is 0 Å². The molecule has 24 heavy (non-hydrogen) atoms. The number of nitrogens with zero attached hydrogens (tertiary/aromatic N) is 1. The number of benzene rings is 2. The van der Waals surface area contributed by atoms with Crippen LogP contribution in [0.1, 0.15) is 20.3 Å². The Morgan fingerprint density at radius 2 is 1.58 bits per heavy atom. The lowest BCUT2D eigenvalue weighted by molar-refractivity contribution is 0.150. The van der Waals surface area contributed by atoms with Gasteiger partial charge in [-0.2, -0.15) is 0 Å². The average Bonchev–Trinajstić information content (AvgIpc) is 2.85. The molecule has 2 aromatic carbocycles. The summed E-state index contributed by atoms with van der Waals surface area (Å²) in [6.45, 7) is 5.52. The predicted octanol–water partition coefficient (Wildman–Crippen LogP) is 4.75. The fraction of sp³-hybridized carbons (Fsp3) is 0.368. The normalized spacial score (nSPS) is 14.4. The number of aliphatic hydroxyl groups excluding tert-OH is 1. The van der Waals surface area contributed by atoms with E-state index >= 15 is 0 Å². The zero-order valence-corrected chi connectivity index (χ0v) is 18.2. The van der Waals surface area contributed by atoms with Crippen molar-refractivity contribution in [2.24, 2.45) is 0 Å². The molecule has 0 aliphatic carbocycles. The fourth-order valence-electron chi connectivity index (χ4n) is 3.00. The highest BCUT2D eigenvalue weighted by Gasteiger charge is 2.15. The van der Waals surface area contributed by atoms with E-state index in [0.717, 1.165) is 6.42 Å². The smallest absolute Gasteiger partial charge is 0.0843 e. The van der Waals surface area contributed by atoms with Gasteiger partial charge in [0.15, 0.2) is 0 Å². The van der Waals surface area contributed by atoms with Crippen molar-refractivity contribution in [1.29, 1.82) is 0 Å². The van der Waals surface area contributed by atoms with Crippen molar-refractivity contribution in [2.75, 3.05) is 6.54 Å². The summed E-state index contributed by atoms with van der Waals surface area (Å²) in [6.07, 6.45) is 0.662. The van der Waals surface area contributed by atoms with E-state index in [1.807, 2.05) is 0 Å². The Labute approximate surface area is 170 Å². The van der Waals surface area contributed by atoms with E-state index in [-0.39, 0.29) is 0 Å². The first-order valence-corrected chi connectivity index (χ1v) is 10.4. The number of hydrogen-bond donors (Lipinski definition) is 2. The average molecular weight is 548 g/mol. The van der Waals surface area contributed by atoms with E-state index in [1.54, 1.807) is 0 Å². The number of halogens is 2. The van der Waals surface area contributed by atoms with Gasteiger partial charge in [0.2, 0.25) is 0 Å². The molecule has 0 fully saturated rings. The molecule has 0 radical (unpaired) electrons. The van der Waals surface area contributed by atoms with E-state index in [0.29, 0.717) is 19.1 Å². The summed E-state index contributed by atoms with van der Waals surface area (Å²) in [5.74, 6) is 0. The first-order chi connectivity index (χ1) is 11.5. The number of aromatic nitrogens is 1. The summed E-state index contributed by atoms with van der Waals surface area (Å²) in [7, 11) is 0. The van der Waals surface area contributed by atoms with Crippen molar-refractivity contribution in [2.45, 2.75) is 39.0 Å². The van der Waals surface area contributed by atoms with Gasteiger partial charge in [-0.25, -0.2) is 0 Å². The quantitative estimate of drug-likeness (QED) is 0.437. The molecule has 0 unspecified atom stereocenters. The molecule has 128 valence electrons. The minimum absolute atomic E-state index is 0.406. The molecular weight excluding hydrogens is 526 g/mol. The summed E-state index contributed by atoms with van der Waals surface area (Å²) in [5, 5.41) is 16.4. The van der Waals surface area contributed by atoms with Crippen LogP contribution in [0.5, 0.6) is 0 Å². The Morgan fingerprint density at radius 1 is 1.04 bits per heavy atom. The van der Waals surface area contributed by atoms with Crippen LogP contribution in [0.3, 0.4) is 0 Å². The number of fused-ring (bicyclic) bond motifs is 3. The number of aliphatic hydroxyl groups is 1. The van der Waals surface area contributed by atoms with Crippen LogP contribution in [-0.4, -0.2) is 28.4 Å². The van der Waals surface area contributed by atoms with Crippen molar-refractivity contribution in [3.8, 4) is 0 Å². The molecule has 2 atom stereocenters. The molecule has 0 saturated carbocycles. The van der Waals surface area contributed by atoms with Gasteiger partial charge in [0.25, 0.3) is 0 Å². The highest BCUT2D eigenvalue weighted by Crippen LogP contribution is 2.31. The monoisotopic (exact) mass is 548 g/mol.